The van der Waals surface area contributed by atoms with E-state index in [1.54, 1.807) is 37.5 Å². The maximum absolute atomic E-state index is 12.0. The van der Waals surface area contributed by atoms with Crippen molar-refractivity contribution in [2.45, 2.75) is 0 Å². The number of rotatable bonds is 7. The molecule has 8 nitrogen and oxygen atoms in total. The highest BCUT2D eigenvalue weighted by molar-refractivity contribution is 7.80. The Hall–Kier alpha value is -4.11. The van der Waals surface area contributed by atoms with E-state index in [1.165, 1.54) is 13.2 Å². The van der Waals surface area contributed by atoms with Crippen molar-refractivity contribution < 1.29 is 23.8 Å². The first kappa shape index (κ1) is 23.6. The highest BCUT2D eigenvalue weighted by Crippen LogP contribution is 2.27. The van der Waals surface area contributed by atoms with Crippen molar-refractivity contribution in [2.75, 3.05) is 20.8 Å². The molecule has 2 amide bonds. The number of fused-ring (bicyclic) bond motifs is 1. The van der Waals surface area contributed by atoms with E-state index < -0.39 is 11.8 Å². The maximum atomic E-state index is 12.0. The largest absolute Gasteiger partial charge is 0.493 e. The number of hydrazine groups is 1. The molecular formula is C24H23N3O5S. The molecule has 0 aliphatic rings. The van der Waals surface area contributed by atoms with Gasteiger partial charge < -0.3 is 14.2 Å². The Morgan fingerprint density at radius 3 is 2.42 bits per heavy atom. The fourth-order valence-electron chi connectivity index (χ4n) is 2.88. The van der Waals surface area contributed by atoms with E-state index in [1.807, 2.05) is 36.4 Å². The molecule has 3 aromatic rings. The number of methoxy groups -OCH3 is 2. The summed E-state index contributed by atoms with van der Waals surface area (Å²) in [5, 5.41) is 4.47. The number of carbonyl (C=O) groups excluding carboxylic acids is 2. The van der Waals surface area contributed by atoms with Crippen LogP contribution in [0.4, 0.5) is 0 Å². The number of benzene rings is 3. The molecule has 0 spiro atoms. The Morgan fingerprint density at radius 2 is 1.67 bits per heavy atom. The molecule has 3 rings (SSSR count). The predicted octanol–water partition coefficient (Wildman–Crippen LogP) is 2.97. The number of hydrogen-bond acceptors (Lipinski definition) is 6. The quantitative estimate of drug-likeness (QED) is 0.280. The van der Waals surface area contributed by atoms with Gasteiger partial charge in [-0.2, -0.15) is 0 Å². The van der Waals surface area contributed by atoms with Gasteiger partial charge in [-0.25, -0.2) is 0 Å². The third-order valence-electron chi connectivity index (χ3n) is 4.48. The fraction of sp³-hybridized carbons (Fsp3) is 0.125. The zero-order valence-electron chi connectivity index (χ0n) is 18.1. The van der Waals surface area contributed by atoms with Crippen LogP contribution in [-0.4, -0.2) is 37.8 Å². The van der Waals surface area contributed by atoms with Gasteiger partial charge in [0.1, 0.15) is 5.75 Å². The highest BCUT2D eigenvalue weighted by Gasteiger charge is 2.07. The number of nitrogens with one attached hydrogen (secondary N) is 3. The minimum atomic E-state index is -0.469. The Balaban J connectivity index is 1.42. The Bertz CT molecular complexity index is 1200. The minimum Gasteiger partial charge on any atom is -0.493 e. The van der Waals surface area contributed by atoms with Crippen LogP contribution < -0.4 is 30.4 Å². The van der Waals surface area contributed by atoms with Gasteiger partial charge in [0, 0.05) is 6.08 Å². The summed E-state index contributed by atoms with van der Waals surface area (Å²) in [6.07, 6.45) is 2.90. The van der Waals surface area contributed by atoms with Crippen molar-refractivity contribution in [3.05, 3.63) is 72.3 Å². The minimum absolute atomic E-state index is 0.0592. The molecule has 3 N–H and O–H groups in total. The molecule has 0 saturated heterocycles. The van der Waals surface area contributed by atoms with Crippen molar-refractivity contribution in [3.8, 4) is 17.2 Å². The van der Waals surface area contributed by atoms with Crippen molar-refractivity contribution in [2.24, 2.45) is 0 Å². The zero-order chi connectivity index (χ0) is 23.6. The topological polar surface area (TPSA) is 97.9 Å². The van der Waals surface area contributed by atoms with E-state index in [9.17, 15) is 9.59 Å². The van der Waals surface area contributed by atoms with Crippen molar-refractivity contribution >= 4 is 46.0 Å². The van der Waals surface area contributed by atoms with Crippen LogP contribution >= 0.6 is 12.2 Å². The number of hydrogen-bond donors (Lipinski definition) is 3. The fourth-order valence-corrected chi connectivity index (χ4v) is 3.03. The summed E-state index contributed by atoms with van der Waals surface area (Å²) >= 11 is 5.01. The molecule has 0 aromatic heterocycles. The monoisotopic (exact) mass is 465 g/mol. The molecule has 0 saturated carbocycles. The lowest BCUT2D eigenvalue weighted by molar-refractivity contribution is -0.123. The van der Waals surface area contributed by atoms with Gasteiger partial charge in [-0.3, -0.25) is 25.8 Å². The standard InChI is InChI=1S/C24H23N3O5S/c1-30-20-11-7-16(13-21(20)31-2)8-12-22(28)25-24(33)27-26-23(29)15-32-19-10-9-17-5-3-4-6-18(17)14-19/h3-14H,15H2,1-2H3,(H,26,29)(H2,25,27,28,33)/b12-8+. The Morgan fingerprint density at radius 1 is 0.909 bits per heavy atom. The number of ether oxygens (including phenoxy) is 3. The van der Waals surface area contributed by atoms with Gasteiger partial charge in [-0.1, -0.05) is 36.4 Å². The van der Waals surface area contributed by atoms with Gasteiger partial charge in [0.2, 0.25) is 5.91 Å². The van der Waals surface area contributed by atoms with Crippen LogP contribution in [0.1, 0.15) is 5.56 Å². The van der Waals surface area contributed by atoms with Gasteiger partial charge in [-0.05, 0) is 58.9 Å². The first-order valence-corrected chi connectivity index (χ1v) is 10.3. The average molecular weight is 466 g/mol. The third-order valence-corrected chi connectivity index (χ3v) is 4.68. The van der Waals surface area contributed by atoms with Crippen LogP contribution in [0.5, 0.6) is 17.2 Å². The lowest BCUT2D eigenvalue weighted by atomic mass is 10.1. The van der Waals surface area contributed by atoms with E-state index in [0.717, 1.165) is 16.3 Å². The summed E-state index contributed by atoms with van der Waals surface area (Å²) in [6.45, 7) is -0.221. The number of amides is 2. The summed E-state index contributed by atoms with van der Waals surface area (Å²) in [5.41, 5.74) is 5.57. The molecule has 0 fully saturated rings. The van der Waals surface area contributed by atoms with Crippen LogP contribution in [0.2, 0.25) is 0 Å². The molecule has 0 atom stereocenters. The molecule has 0 heterocycles. The lowest BCUT2D eigenvalue weighted by Crippen LogP contribution is -2.49. The SMILES string of the molecule is COc1ccc(/C=C/C(=O)NC(=S)NNC(=O)COc2ccc3ccccc3c2)cc1OC. The summed E-state index contributed by atoms with van der Waals surface area (Å²) in [4.78, 5) is 24.0. The van der Waals surface area contributed by atoms with E-state index in [0.29, 0.717) is 17.2 Å². The van der Waals surface area contributed by atoms with Crippen LogP contribution in [0.25, 0.3) is 16.8 Å². The Kier molecular flexibility index (Phi) is 8.20. The molecule has 0 bridgehead atoms. The normalized spacial score (nSPS) is 10.5. The van der Waals surface area contributed by atoms with Gasteiger partial charge in [0.25, 0.3) is 5.91 Å². The van der Waals surface area contributed by atoms with E-state index in [4.69, 9.17) is 26.4 Å². The smallest absolute Gasteiger partial charge is 0.276 e. The molecule has 0 radical (unpaired) electrons. The van der Waals surface area contributed by atoms with E-state index in [-0.39, 0.29) is 11.7 Å². The average Bonchev–Trinajstić information content (AvgIpc) is 2.84. The van der Waals surface area contributed by atoms with Crippen LogP contribution in [0.3, 0.4) is 0 Å². The van der Waals surface area contributed by atoms with E-state index in [2.05, 4.69) is 16.2 Å². The predicted molar refractivity (Wildman–Crippen MR) is 130 cm³/mol. The molecule has 3 aromatic carbocycles. The first-order chi connectivity index (χ1) is 16.0. The number of thiocarbonyl (C=S) groups is 1. The van der Waals surface area contributed by atoms with Crippen LogP contribution in [-0.2, 0) is 9.59 Å². The molecule has 170 valence electrons. The van der Waals surface area contributed by atoms with Gasteiger partial charge in [-0.15, -0.1) is 0 Å². The number of carbonyl (C=O) groups is 2. The summed E-state index contributed by atoms with van der Waals surface area (Å²) in [5.74, 6) is 0.778. The van der Waals surface area contributed by atoms with Crippen molar-refractivity contribution in [3.63, 3.8) is 0 Å². The van der Waals surface area contributed by atoms with Gasteiger partial charge in [0.15, 0.2) is 23.2 Å². The second kappa shape index (κ2) is 11.5. The maximum Gasteiger partial charge on any atom is 0.276 e. The molecular weight excluding hydrogens is 442 g/mol. The van der Waals surface area contributed by atoms with Crippen LogP contribution in [0.15, 0.2) is 66.7 Å². The Labute approximate surface area is 196 Å². The first-order valence-electron chi connectivity index (χ1n) is 9.90. The second-order valence-electron chi connectivity index (χ2n) is 6.74. The zero-order valence-corrected chi connectivity index (χ0v) is 18.9. The lowest BCUT2D eigenvalue weighted by Gasteiger charge is -2.11. The molecule has 0 aliphatic carbocycles. The second-order valence-corrected chi connectivity index (χ2v) is 7.15. The summed E-state index contributed by atoms with van der Waals surface area (Å²) in [7, 11) is 3.08. The van der Waals surface area contributed by atoms with E-state index >= 15 is 0 Å². The summed E-state index contributed by atoms with van der Waals surface area (Å²) < 4.78 is 15.9. The van der Waals surface area contributed by atoms with Crippen molar-refractivity contribution in [1.82, 2.24) is 16.2 Å². The molecule has 9 heteroatoms. The third kappa shape index (κ3) is 6.94. The summed E-state index contributed by atoms with van der Waals surface area (Å²) in [6, 6.07) is 18.6. The van der Waals surface area contributed by atoms with Gasteiger partial charge >= 0.3 is 0 Å². The van der Waals surface area contributed by atoms with Gasteiger partial charge in [0.05, 0.1) is 14.2 Å². The highest BCUT2D eigenvalue weighted by atomic mass is 32.1. The van der Waals surface area contributed by atoms with Crippen LogP contribution in [0, 0.1) is 0 Å². The molecule has 0 unspecified atom stereocenters. The molecule has 33 heavy (non-hydrogen) atoms. The molecule has 0 aliphatic heterocycles. The van der Waals surface area contributed by atoms with Crippen molar-refractivity contribution in [1.29, 1.82) is 0 Å².